The van der Waals surface area contributed by atoms with Crippen molar-refractivity contribution in [3.8, 4) is 0 Å². The van der Waals surface area contributed by atoms with Gasteiger partial charge >= 0.3 is 11.9 Å². The van der Waals surface area contributed by atoms with Crippen LogP contribution < -0.4 is 4.90 Å². The Kier molecular flexibility index (Phi) is 10.2. The van der Waals surface area contributed by atoms with E-state index in [4.69, 9.17) is 23.2 Å². The number of carboxylic acids is 2. The molecule has 0 radical (unpaired) electrons. The lowest BCUT2D eigenvalue weighted by atomic mass is 9.67. The first kappa shape index (κ1) is 30.0. The first-order valence-corrected chi connectivity index (χ1v) is 12.1. The number of rotatable bonds is 11. The van der Waals surface area contributed by atoms with E-state index in [0.29, 0.717) is 30.5 Å². The van der Waals surface area contributed by atoms with E-state index in [1.165, 1.54) is 12.1 Å². The van der Waals surface area contributed by atoms with Crippen LogP contribution in [0, 0.1) is 11.2 Å². The lowest BCUT2D eigenvalue weighted by Crippen LogP contribution is -2.69. The van der Waals surface area contributed by atoms with E-state index in [9.17, 15) is 24.6 Å². The van der Waals surface area contributed by atoms with Crippen LogP contribution in [0.4, 0.5) is 10.1 Å². The Hall–Kier alpha value is -2.06. The molecule has 2 N–H and O–H groups in total. The summed E-state index contributed by atoms with van der Waals surface area (Å²) in [6.45, 7) is 10.7. The Bertz CT molecular complexity index is 892. The number of amides is 1. The molecule has 1 atom stereocenters. The molecule has 0 heterocycles. The molecule has 1 rings (SSSR count). The standard InChI is InChI=1S/C24H35Cl2FN2O5/c1-22(2,3)24(21(33)34,10-9-19(30)31)29(23(4,5)6)20(32)17-8-7-16(15-18(17)27)28(13-11-25)14-12-26/h7-8,15H,9-14H2,1-6H3,(H,30,31)(H,33,34)/t24-/m0/s1. The van der Waals surface area contributed by atoms with Crippen molar-refractivity contribution < 1.29 is 29.0 Å². The van der Waals surface area contributed by atoms with Crippen molar-refractivity contribution in [1.29, 1.82) is 0 Å². The number of carboxylic acid groups (broad SMARTS) is 2. The third-order valence-electron chi connectivity index (χ3n) is 5.81. The van der Waals surface area contributed by atoms with Crippen LogP contribution in [0.1, 0.15) is 64.7 Å². The molecule has 1 aromatic carbocycles. The molecule has 0 aromatic heterocycles. The molecule has 10 heteroatoms. The molecule has 192 valence electrons. The zero-order chi connectivity index (χ0) is 26.5. The molecule has 0 bridgehead atoms. The van der Waals surface area contributed by atoms with Crippen LogP contribution in [-0.4, -0.2) is 68.9 Å². The van der Waals surface area contributed by atoms with Crippen LogP contribution >= 0.6 is 23.2 Å². The third-order valence-corrected chi connectivity index (χ3v) is 6.15. The van der Waals surface area contributed by atoms with E-state index in [0.717, 1.165) is 4.90 Å². The monoisotopic (exact) mass is 520 g/mol. The third kappa shape index (κ3) is 6.54. The lowest BCUT2D eigenvalue weighted by molar-refractivity contribution is -0.164. The number of aliphatic carboxylic acids is 2. The molecular weight excluding hydrogens is 486 g/mol. The molecule has 0 fully saturated rings. The molecule has 0 aliphatic heterocycles. The first-order valence-electron chi connectivity index (χ1n) is 11.0. The average molecular weight is 521 g/mol. The van der Waals surface area contributed by atoms with Crippen molar-refractivity contribution in [2.75, 3.05) is 29.7 Å². The summed E-state index contributed by atoms with van der Waals surface area (Å²) in [6, 6.07) is 4.07. The summed E-state index contributed by atoms with van der Waals surface area (Å²) in [5.41, 5.74) is -3.89. The lowest BCUT2D eigenvalue weighted by Gasteiger charge is -2.54. The van der Waals surface area contributed by atoms with E-state index in [2.05, 4.69) is 0 Å². The topological polar surface area (TPSA) is 98.2 Å². The molecule has 0 saturated heterocycles. The number of benzene rings is 1. The quantitative estimate of drug-likeness (QED) is 0.394. The van der Waals surface area contributed by atoms with E-state index < -0.39 is 46.6 Å². The highest BCUT2D eigenvalue weighted by Gasteiger charge is 2.58. The maximum atomic E-state index is 15.3. The van der Waals surface area contributed by atoms with Gasteiger partial charge in [-0.05, 0) is 50.8 Å². The molecule has 0 unspecified atom stereocenters. The summed E-state index contributed by atoms with van der Waals surface area (Å²) >= 11 is 11.7. The van der Waals surface area contributed by atoms with Crippen molar-refractivity contribution in [1.82, 2.24) is 4.90 Å². The molecule has 0 aliphatic rings. The van der Waals surface area contributed by atoms with Gasteiger partial charge in [-0.15, -0.1) is 23.2 Å². The predicted molar refractivity (Wildman–Crippen MR) is 133 cm³/mol. The van der Waals surface area contributed by atoms with Gasteiger partial charge in [0.2, 0.25) is 0 Å². The molecule has 1 aromatic rings. The second-order valence-corrected chi connectivity index (χ2v) is 10.9. The fourth-order valence-electron chi connectivity index (χ4n) is 4.25. The second kappa shape index (κ2) is 11.6. The first-order chi connectivity index (χ1) is 15.5. The number of anilines is 1. The number of carbonyl (C=O) groups excluding carboxylic acids is 1. The van der Waals surface area contributed by atoms with Gasteiger partial charge in [-0.3, -0.25) is 9.59 Å². The summed E-state index contributed by atoms with van der Waals surface area (Å²) in [5, 5.41) is 19.7. The summed E-state index contributed by atoms with van der Waals surface area (Å²) in [5.74, 6) is -3.60. The molecular formula is C24H35Cl2FN2O5. The minimum absolute atomic E-state index is 0.299. The van der Waals surface area contributed by atoms with Crippen LogP contribution in [0.3, 0.4) is 0 Å². The number of carbonyl (C=O) groups is 3. The Morgan fingerprint density at radius 2 is 1.50 bits per heavy atom. The molecule has 0 aliphatic carbocycles. The van der Waals surface area contributed by atoms with Crippen molar-refractivity contribution in [2.45, 2.75) is 65.5 Å². The largest absolute Gasteiger partial charge is 0.481 e. The van der Waals surface area contributed by atoms with Crippen molar-refractivity contribution in [2.24, 2.45) is 5.41 Å². The minimum Gasteiger partial charge on any atom is -0.481 e. The molecule has 0 spiro atoms. The Morgan fingerprint density at radius 1 is 0.971 bits per heavy atom. The molecule has 0 saturated carbocycles. The van der Waals surface area contributed by atoms with Gasteiger partial charge < -0.3 is 20.0 Å². The normalized spacial score (nSPS) is 13.8. The van der Waals surface area contributed by atoms with Crippen LogP contribution in [0.2, 0.25) is 0 Å². The Labute approximate surface area is 210 Å². The van der Waals surface area contributed by atoms with Crippen molar-refractivity contribution in [3.05, 3.63) is 29.6 Å². The number of hydrogen-bond donors (Lipinski definition) is 2. The van der Waals surface area contributed by atoms with Gasteiger partial charge in [-0.25, -0.2) is 9.18 Å². The minimum atomic E-state index is -1.92. The highest BCUT2D eigenvalue weighted by atomic mass is 35.5. The van der Waals surface area contributed by atoms with E-state index >= 15 is 4.39 Å². The fourth-order valence-corrected chi connectivity index (χ4v) is 4.66. The maximum absolute atomic E-state index is 15.3. The number of nitrogens with zero attached hydrogens (tertiary/aromatic N) is 2. The summed E-state index contributed by atoms with van der Waals surface area (Å²) in [4.78, 5) is 40.9. The van der Waals surface area contributed by atoms with Gasteiger partial charge in [0, 0.05) is 42.5 Å². The number of hydrogen-bond acceptors (Lipinski definition) is 4. The van der Waals surface area contributed by atoms with E-state index in [1.807, 2.05) is 0 Å². The van der Waals surface area contributed by atoms with Gasteiger partial charge in [-0.2, -0.15) is 0 Å². The summed E-state index contributed by atoms with van der Waals surface area (Å²) < 4.78 is 15.3. The Morgan fingerprint density at radius 3 is 1.85 bits per heavy atom. The summed E-state index contributed by atoms with van der Waals surface area (Å²) in [6.07, 6.45) is -0.820. The Balaban J connectivity index is 3.71. The second-order valence-electron chi connectivity index (χ2n) is 10.1. The number of halogens is 3. The average Bonchev–Trinajstić information content (AvgIpc) is 2.68. The van der Waals surface area contributed by atoms with Gasteiger partial charge in [0.1, 0.15) is 11.4 Å². The molecule has 7 nitrogen and oxygen atoms in total. The molecule has 34 heavy (non-hydrogen) atoms. The van der Waals surface area contributed by atoms with Crippen LogP contribution in [0.5, 0.6) is 0 Å². The van der Waals surface area contributed by atoms with Crippen LogP contribution in [-0.2, 0) is 9.59 Å². The highest BCUT2D eigenvalue weighted by molar-refractivity contribution is 6.18. The van der Waals surface area contributed by atoms with Gasteiger partial charge in [0.05, 0.1) is 5.56 Å². The smallest absolute Gasteiger partial charge is 0.330 e. The van der Waals surface area contributed by atoms with Crippen molar-refractivity contribution in [3.63, 3.8) is 0 Å². The van der Waals surface area contributed by atoms with Gasteiger partial charge in [-0.1, -0.05) is 20.8 Å². The van der Waals surface area contributed by atoms with E-state index in [1.54, 1.807) is 52.5 Å². The fraction of sp³-hybridized carbons (Fsp3) is 0.625. The SMILES string of the molecule is CC(C)(C)N(C(=O)c1ccc(N(CCCl)CCCl)cc1F)[C@@](CCC(=O)O)(C(=O)O)C(C)(C)C. The zero-order valence-corrected chi connectivity index (χ0v) is 22.1. The van der Waals surface area contributed by atoms with Crippen LogP contribution in [0.15, 0.2) is 18.2 Å². The highest BCUT2D eigenvalue weighted by Crippen LogP contribution is 2.44. The number of alkyl halides is 2. The van der Waals surface area contributed by atoms with Gasteiger partial charge in [0.15, 0.2) is 0 Å². The van der Waals surface area contributed by atoms with Crippen LogP contribution in [0.25, 0.3) is 0 Å². The maximum Gasteiger partial charge on any atom is 0.330 e. The zero-order valence-electron chi connectivity index (χ0n) is 20.6. The summed E-state index contributed by atoms with van der Waals surface area (Å²) in [7, 11) is 0. The van der Waals surface area contributed by atoms with Gasteiger partial charge in [0.25, 0.3) is 5.91 Å². The predicted octanol–water partition coefficient (Wildman–Crippen LogP) is 5.08. The van der Waals surface area contributed by atoms with Crippen molar-refractivity contribution >= 4 is 46.7 Å². The molecule has 1 amide bonds. The van der Waals surface area contributed by atoms with E-state index in [-0.39, 0.29) is 12.0 Å².